The van der Waals surface area contributed by atoms with Gasteiger partial charge in [0.2, 0.25) is 13.4 Å². The van der Waals surface area contributed by atoms with Gasteiger partial charge in [-0.25, -0.2) is 9.34 Å². The molecule has 2 N–H and O–H groups in total. The molecule has 1 aromatic heterocycles. The van der Waals surface area contributed by atoms with Crippen LogP contribution in [0.4, 0.5) is 5.69 Å². The van der Waals surface area contributed by atoms with Crippen molar-refractivity contribution < 1.29 is 9.36 Å². The van der Waals surface area contributed by atoms with Crippen molar-refractivity contribution in [3.63, 3.8) is 0 Å². The van der Waals surface area contributed by atoms with E-state index in [1.807, 2.05) is 12.1 Å². The molecule has 0 unspecified atom stereocenters. The molecule has 0 bridgehead atoms. The van der Waals surface area contributed by atoms with E-state index in [9.17, 15) is 9.36 Å². The first-order chi connectivity index (χ1) is 9.76. The van der Waals surface area contributed by atoms with Crippen molar-refractivity contribution in [1.29, 1.82) is 0 Å². The molecule has 0 radical (unpaired) electrons. The number of benzene rings is 1. The molecule has 0 saturated carbocycles. The highest BCUT2D eigenvalue weighted by atomic mass is 31.2. The minimum atomic E-state index is -2.87. The lowest BCUT2D eigenvalue weighted by Crippen LogP contribution is -2.29. The first kappa shape index (κ1) is 15.8. The van der Waals surface area contributed by atoms with Crippen molar-refractivity contribution in [2.75, 3.05) is 33.5 Å². The summed E-state index contributed by atoms with van der Waals surface area (Å²) in [5.74, 6) is -0.154. The number of aromatic amines is 1. The Labute approximate surface area is 124 Å². The lowest BCUT2D eigenvalue weighted by atomic mass is 10.2. The second-order valence-corrected chi connectivity index (χ2v) is 8.56. The van der Waals surface area contributed by atoms with E-state index in [1.54, 1.807) is 49.8 Å². The van der Waals surface area contributed by atoms with Gasteiger partial charge in [0, 0.05) is 29.3 Å². The van der Waals surface area contributed by atoms with E-state index in [2.05, 4.69) is 10.3 Å². The summed E-state index contributed by atoms with van der Waals surface area (Å²) in [6, 6.07) is 5.56. The minimum absolute atomic E-state index is 0.154. The molecule has 0 fully saturated rings. The Kier molecular flexibility index (Phi) is 4.23. The van der Waals surface area contributed by atoms with Crippen molar-refractivity contribution in [3.05, 3.63) is 24.4 Å². The number of amides is 1. The van der Waals surface area contributed by atoms with E-state index in [-0.39, 0.29) is 5.91 Å². The molecular formula is C14H21N4O2P. The van der Waals surface area contributed by atoms with Crippen LogP contribution in [0.25, 0.3) is 10.9 Å². The molecular weight excluding hydrogens is 287 g/mol. The summed E-state index contributed by atoms with van der Waals surface area (Å²) in [5, 5.41) is 4.39. The third-order valence-corrected chi connectivity index (χ3v) is 6.48. The molecule has 2 rings (SSSR count). The summed E-state index contributed by atoms with van der Waals surface area (Å²) >= 11 is 0. The van der Waals surface area contributed by atoms with Gasteiger partial charge in [-0.3, -0.25) is 9.36 Å². The Balaban J connectivity index is 2.69. The second-order valence-electron chi connectivity index (χ2n) is 5.35. The molecule has 0 aliphatic carbocycles. The highest BCUT2D eigenvalue weighted by molar-refractivity contribution is 7.67. The Hall–Kier alpha value is -1.62. The molecule has 0 atom stereocenters. The Morgan fingerprint density at radius 3 is 2.33 bits per heavy atom. The SMILES string of the molecule is CC(=O)Nc1cc(P(=O)(N(C)C)N(C)C)cc2[nH]ccc12. The third-order valence-electron chi connectivity index (χ3n) is 3.39. The van der Waals surface area contributed by atoms with Gasteiger partial charge in [0.05, 0.1) is 5.69 Å². The van der Waals surface area contributed by atoms with E-state index in [0.717, 1.165) is 10.9 Å². The van der Waals surface area contributed by atoms with Gasteiger partial charge in [-0.05, 0) is 46.4 Å². The monoisotopic (exact) mass is 308 g/mol. The summed E-state index contributed by atoms with van der Waals surface area (Å²) in [6.45, 7) is 1.46. The van der Waals surface area contributed by atoms with Crippen LogP contribution in [0.1, 0.15) is 6.92 Å². The number of hydrogen-bond donors (Lipinski definition) is 2. The number of rotatable bonds is 4. The molecule has 21 heavy (non-hydrogen) atoms. The highest BCUT2D eigenvalue weighted by Gasteiger charge is 2.31. The van der Waals surface area contributed by atoms with Crippen LogP contribution in [-0.2, 0) is 9.36 Å². The average Bonchev–Trinajstić information content (AvgIpc) is 2.84. The number of anilines is 1. The van der Waals surface area contributed by atoms with Crippen LogP contribution >= 0.6 is 7.44 Å². The number of hydrogen-bond acceptors (Lipinski definition) is 2. The van der Waals surface area contributed by atoms with Gasteiger partial charge < -0.3 is 10.3 Å². The van der Waals surface area contributed by atoms with E-state index in [1.165, 1.54) is 6.92 Å². The molecule has 0 spiro atoms. The van der Waals surface area contributed by atoms with Crippen molar-refractivity contribution >= 4 is 35.2 Å². The molecule has 6 nitrogen and oxygen atoms in total. The zero-order valence-corrected chi connectivity index (χ0v) is 13.9. The van der Waals surface area contributed by atoms with Crippen molar-refractivity contribution in [1.82, 2.24) is 14.3 Å². The zero-order chi connectivity index (χ0) is 15.8. The average molecular weight is 308 g/mol. The van der Waals surface area contributed by atoms with Crippen LogP contribution < -0.4 is 10.6 Å². The zero-order valence-electron chi connectivity index (χ0n) is 13.0. The van der Waals surface area contributed by atoms with Gasteiger partial charge in [-0.15, -0.1) is 0 Å². The number of H-pyrrole nitrogens is 1. The predicted molar refractivity (Wildman–Crippen MR) is 87.2 cm³/mol. The van der Waals surface area contributed by atoms with Gasteiger partial charge >= 0.3 is 0 Å². The number of carbonyl (C=O) groups is 1. The maximum atomic E-state index is 13.3. The third kappa shape index (κ3) is 2.75. The van der Waals surface area contributed by atoms with Gasteiger partial charge in [0.15, 0.2) is 0 Å². The topological polar surface area (TPSA) is 68.4 Å². The molecule has 0 saturated heterocycles. The lowest BCUT2D eigenvalue weighted by molar-refractivity contribution is -0.114. The van der Waals surface area contributed by atoms with E-state index in [4.69, 9.17) is 0 Å². The lowest BCUT2D eigenvalue weighted by Gasteiger charge is -2.31. The predicted octanol–water partition coefficient (Wildman–Crippen LogP) is 2.07. The van der Waals surface area contributed by atoms with Crippen molar-refractivity contribution in [3.8, 4) is 0 Å². The molecule has 0 aliphatic heterocycles. The van der Waals surface area contributed by atoms with Crippen LogP contribution in [0.5, 0.6) is 0 Å². The standard InChI is InChI=1S/C14H21N4O2P/c1-10(19)16-14-9-11(8-13-12(14)6-7-15-13)21(20,17(2)3)18(4)5/h6-9,15H,1-5H3,(H,16,19). The molecule has 7 heteroatoms. The molecule has 1 aromatic carbocycles. The summed E-state index contributed by atoms with van der Waals surface area (Å²) in [5.41, 5.74) is 1.51. The summed E-state index contributed by atoms with van der Waals surface area (Å²) in [4.78, 5) is 14.5. The maximum Gasteiger partial charge on any atom is 0.244 e. The van der Waals surface area contributed by atoms with Gasteiger partial charge in [-0.2, -0.15) is 0 Å². The van der Waals surface area contributed by atoms with E-state index < -0.39 is 7.44 Å². The molecule has 1 heterocycles. The van der Waals surface area contributed by atoms with E-state index in [0.29, 0.717) is 11.0 Å². The van der Waals surface area contributed by atoms with Gasteiger partial charge in [0.25, 0.3) is 0 Å². The fourth-order valence-electron chi connectivity index (χ4n) is 2.43. The fourth-order valence-corrected chi connectivity index (χ4v) is 4.67. The Morgan fingerprint density at radius 2 is 1.81 bits per heavy atom. The van der Waals surface area contributed by atoms with E-state index >= 15 is 0 Å². The Bertz CT molecular complexity index is 709. The molecule has 114 valence electrons. The molecule has 1 amide bonds. The molecule has 0 aliphatic rings. The number of carbonyl (C=O) groups excluding carboxylic acids is 1. The molecule has 2 aromatic rings. The van der Waals surface area contributed by atoms with Crippen LogP contribution in [0.2, 0.25) is 0 Å². The van der Waals surface area contributed by atoms with Crippen LogP contribution in [-0.4, -0.2) is 48.4 Å². The highest BCUT2D eigenvalue weighted by Crippen LogP contribution is 2.49. The summed E-state index contributed by atoms with van der Waals surface area (Å²) in [7, 11) is 4.29. The number of fused-ring (bicyclic) bond motifs is 1. The largest absolute Gasteiger partial charge is 0.361 e. The number of nitrogens with zero attached hydrogens (tertiary/aromatic N) is 2. The Morgan fingerprint density at radius 1 is 1.19 bits per heavy atom. The normalized spacial score (nSPS) is 12.3. The second kappa shape index (κ2) is 5.64. The van der Waals surface area contributed by atoms with Gasteiger partial charge in [-0.1, -0.05) is 0 Å². The first-order valence-corrected chi connectivity index (χ1v) is 8.23. The van der Waals surface area contributed by atoms with Crippen LogP contribution in [0, 0.1) is 0 Å². The number of nitrogens with one attached hydrogen (secondary N) is 2. The summed E-state index contributed by atoms with van der Waals surface area (Å²) < 4.78 is 16.8. The van der Waals surface area contributed by atoms with Gasteiger partial charge in [0.1, 0.15) is 0 Å². The van der Waals surface area contributed by atoms with Crippen molar-refractivity contribution in [2.24, 2.45) is 0 Å². The fraction of sp³-hybridized carbons (Fsp3) is 0.357. The minimum Gasteiger partial charge on any atom is -0.361 e. The summed E-state index contributed by atoms with van der Waals surface area (Å²) in [6.07, 6.45) is 1.80. The maximum absolute atomic E-state index is 13.3. The van der Waals surface area contributed by atoms with Crippen LogP contribution in [0.3, 0.4) is 0 Å². The first-order valence-electron chi connectivity index (χ1n) is 6.61. The van der Waals surface area contributed by atoms with Crippen molar-refractivity contribution in [2.45, 2.75) is 6.92 Å². The quantitative estimate of drug-likeness (QED) is 0.849. The van der Waals surface area contributed by atoms with Crippen LogP contribution in [0.15, 0.2) is 24.4 Å². The number of aromatic nitrogens is 1. The smallest absolute Gasteiger partial charge is 0.244 e.